The van der Waals surface area contributed by atoms with E-state index in [9.17, 15) is 9.59 Å². The van der Waals surface area contributed by atoms with Gasteiger partial charge in [0.05, 0.1) is 13.0 Å². The highest BCUT2D eigenvalue weighted by molar-refractivity contribution is 9.10. The Morgan fingerprint density at radius 3 is 2.50 bits per heavy atom. The summed E-state index contributed by atoms with van der Waals surface area (Å²) in [6.45, 7) is 3.49. The number of hydrogen-bond donors (Lipinski definition) is 0. The van der Waals surface area contributed by atoms with E-state index in [2.05, 4.69) is 20.9 Å². The maximum atomic E-state index is 12.2. The number of methoxy groups -OCH3 is 1. The van der Waals surface area contributed by atoms with Crippen LogP contribution < -0.4 is 9.47 Å². The van der Waals surface area contributed by atoms with E-state index in [1.165, 1.54) is 7.11 Å². The standard InChI is InChI=1S/C21H18BrNO5/c1-12(2)20(24)27-18-11-13(4-9-17(18)26-3)10-16-21(25)28-19(23-16)14-5-7-15(22)8-6-14/h4-12H,1-3H3/b16-10+. The largest absolute Gasteiger partial charge is 0.493 e. The molecule has 0 aliphatic carbocycles. The first kappa shape index (κ1) is 19.8. The predicted molar refractivity (Wildman–Crippen MR) is 108 cm³/mol. The molecule has 0 amide bonds. The Balaban J connectivity index is 1.90. The van der Waals surface area contributed by atoms with E-state index in [-0.39, 0.29) is 29.2 Å². The van der Waals surface area contributed by atoms with E-state index in [1.807, 2.05) is 12.1 Å². The molecule has 0 bridgehead atoms. The van der Waals surface area contributed by atoms with Gasteiger partial charge in [0.15, 0.2) is 17.2 Å². The Morgan fingerprint density at radius 2 is 1.86 bits per heavy atom. The third-order valence-electron chi connectivity index (χ3n) is 3.88. The molecule has 0 saturated carbocycles. The van der Waals surface area contributed by atoms with Gasteiger partial charge in [-0.1, -0.05) is 35.8 Å². The number of nitrogens with zero attached hydrogens (tertiary/aromatic N) is 1. The van der Waals surface area contributed by atoms with E-state index in [0.717, 1.165) is 4.47 Å². The molecule has 0 unspecified atom stereocenters. The van der Waals surface area contributed by atoms with Crippen molar-refractivity contribution in [3.05, 3.63) is 63.8 Å². The minimum absolute atomic E-state index is 0.157. The van der Waals surface area contributed by atoms with Gasteiger partial charge >= 0.3 is 11.9 Å². The number of esters is 2. The molecule has 3 rings (SSSR count). The molecule has 144 valence electrons. The van der Waals surface area contributed by atoms with Crippen LogP contribution in [0.3, 0.4) is 0 Å². The van der Waals surface area contributed by atoms with Crippen molar-refractivity contribution >= 4 is 39.8 Å². The van der Waals surface area contributed by atoms with Gasteiger partial charge in [-0.15, -0.1) is 0 Å². The molecule has 1 aliphatic heterocycles. The first-order valence-electron chi connectivity index (χ1n) is 8.55. The zero-order chi connectivity index (χ0) is 20.3. The van der Waals surface area contributed by atoms with E-state index in [0.29, 0.717) is 16.9 Å². The summed E-state index contributed by atoms with van der Waals surface area (Å²) in [7, 11) is 1.49. The molecule has 7 heteroatoms. The first-order valence-corrected chi connectivity index (χ1v) is 9.35. The average Bonchev–Trinajstić information content (AvgIpc) is 3.03. The highest BCUT2D eigenvalue weighted by Gasteiger charge is 2.24. The van der Waals surface area contributed by atoms with Gasteiger partial charge in [0.25, 0.3) is 0 Å². The molecule has 6 nitrogen and oxygen atoms in total. The van der Waals surface area contributed by atoms with Crippen LogP contribution in [0.1, 0.15) is 25.0 Å². The Hall–Kier alpha value is -2.93. The fourth-order valence-electron chi connectivity index (χ4n) is 2.37. The van der Waals surface area contributed by atoms with Crippen LogP contribution in [-0.4, -0.2) is 24.9 Å². The van der Waals surface area contributed by atoms with Gasteiger partial charge in [-0.25, -0.2) is 9.79 Å². The molecule has 0 fully saturated rings. The number of carbonyl (C=O) groups is 2. The van der Waals surface area contributed by atoms with Crippen molar-refractivity contribution in [2.45, 2.75) is 13.8 Å². The van der Waals surface area contributed by atoms with Crippen LogP contribution in [0.2, 0.25) is 0 Å². The Kier molecular flexibility index (Phi) is 5.94. The van der Waals surface area contributed by atoms with Crippen molar-refractivity contribution in [2.75, 3.05) is 7.11 Å². The third kappa shape index (κ3) is 4.48. The highest BCUT2D eigenvalue weighted by Crippen LogP contribution is 2.30. The van der Waals surface area contributed by atoms with Crippen LogP contribution in [-0.2, 0) is 14.3 Å². The van der Waals surface area contributed by atoms with Crippen LogP contribution in [0.5, 0.6) is 11.5 Å². The second-order valence-corrected chi connectivity index (χ2v) is 7.24. The molecule has 1 aliphatic rings. The molecule has 1 heterocycles. The summed E-state index contributed by atoms with van der Waals surface area (Å²) in [5.74, 6) is -0.269. The fourth-order valence-corrected chi connectivity index (χ4v) is 2.64. The minimum atomic E-state index is -0.547. The van der Waals surface area contributed by atoms with Gasteiger partial charge in [0.2, 0.25) is 5.90 Å². The van der Waals surface area contributed by atoms with Crippen LogP contribution >= 0.6 is 15.9 Å². The zero-order valence-corrected chi connectivity index (χ0v) is 17.1. The lowest BCUT2D eigenvalue weighted by Gasteiger charge is -2.11. The highest BCUT2D eigenvalue weighted by atomic mass is 79.9. The molecule has 2 aromatic carbocycles. The van der Waals surface area contributed by atoms with Crippen LogP contribution in [0.4, 0.5) is 0 Å². The Morgan fingerprint density at radius 1 is 1.14 bits per heavy atom. The monoisotopic (exact) mass is 443 g/mol. The molecule has 28 heavy (non-hydrogen) atoms. The molecular weight excluding hydrogens is 426 g/mol. The molecule has 2 aromatic rings. The predicted octanol–water partition coefficient (Wildman–Crippen LogP) is 4.36. The van der Waals surface area contributed by atoms with E-state index in [4.69, 9.17) is 14.2 Å². The van der Waals surface area contributed by atoms with Gasteiger partial charge in [-0.3, -0.25) is 4.79 Å². The van der Waals surface area contributed by atoms with Crippen LogP contribution in [0.15, 0.2) is 57.6 Å². The molecule has 0 aromatic heterocycles. The Bertz CT molecular complexity index is 977. The van der Waals surface area contributed by atoms with Crippen molar-refractivity contribution in [3.63, 3.8) is 0 Å². The second-order valence-electron chi connectivity index (χ2n) is 6.33. The maximum absolute atomic E-state index is 12.2. The number of ether oxygens (including phenoxy) is 3. The number of carbonyl (C=O) groups excluding carboxylic acids is 2. The van der Waals surface area contributed by atoms with E-state index < -0.39 is 5.97 Å². The van der Waals surface area contributed by atoms with E-state index >= 15 is 0 Å². The molecule has 0 atom stereocenters. The summed E-state index contributed by atoms with van der Waals surface area (Å²) in [5, 5.41) is 0. The molecule has 0 N–H and O–H groups in total. The number of aliphatic imine (C=N–C) groups is 1. The van der Waals surface area contributed by atoms with Crippen molar-refractivity contribution in [2.24, 2.45) is 10.9 Å². The normalized spacial score (nSPS) is 14.8. The fraction of sp³-hybridized carbons (Fsp3) is 0.190. The van der Waals surface area contributed by atoms with Crippen molar-refractivity contribution in [3.8, 4) is 11.5 Å². The van der Waals surface area contributed by atoms with Crippen molar-refractivity contribution in [1.29, 1.82) is 0 Å². The summed E-state index contributed by atoms with van der Waals surface area (Å²) in [4.78, 5) is 28.4. The Labute approximate surface area is 171 Å². The van der Waals surface area contributed by atoms with Gasteiger partial charge < -0.3 is 14.2 Å². The van der Waals surface area contributed by atoms with Crippen molar-refractivity contribution < 1.29 is 23.8 Å². The van der Waals surface area contributed by atoms with Crippen LogP contribution in [0.25, 0.3) is 6.08 Å². The SMILES string of the molecule is COc1ccc(/C=C2/N=C(c3ccc(Br)cc3)OC2=O)cc1OC(=O)C(C)C. The first-order chi connectivity index (χ1) is 13.4. The lowest BCUT2D eigenvalue weighted by molar-refractivity contribution is -0.137. The molecule has 0 spiro atoms. The summed E-state index contributed by atoms with van der Waals surface area (Å²) < 4.78 is 16.8. The maximum Gasteiger partial charge on any atom is 0.363 e. The topological polar surface area (TPSA) is 74.2 Å². The minimum Gasteiger partial charge on any atom is -0.493 e. The zero-order valence-electron chi connectivity index (χ0n) is 15.6. The number of halogens is 1. The van der Waals surface area contributed by atoms with E-state index in [1.54, 1.807) is 50.3 Å². The number of hydrogen-bond acceptors (Lipinski definition) is 6. The molecular formula is C21H18BrNO5. The van der Waals surface area contributed by atoms with Crippen molar-refractivity contribution in [1.82, 2.24) is 0 Å². The summed E-state index contributed by atoms with van der Waals surface area (Å²) in [6, 6.07) is 12.3. The lowest BCUT2D eigenvalue weighted by Crippen LogP contribution is -2.15. The number of benzene rings is 2. The van der Waals surface area contributed by atoms with Gasteiger partial charge in [0.1, 0.15) is 0 Å². The lowest BCUT2D eigenvalue weighted by atomic mass is 10.1. The summed E-state index contributed by atoms with van der Waals surface area (Å²) >= 11 is 3.36. The number of cyclic esters (lactones) is 1. The molecule has 0 saturated heterocycles. The van der Waals surface area contributed by atoms with Gasteiger partial charge in [-0.05, 0) is 48.0 Å². The summed E-state index contributed by atoms with van der Waals surface area (Å²) in [5.41, 5.74) is 1.48. The van der Waals surface area contributed by atoms with Gasteiger partial charge in [-0.2, -0.15) is 0 Å². The quantitative estimate of drug-likeness (QED) is 0.389. The van der Waals surface area contributed by atoms with Crippen LogP contribution in [0, 0.1) is 5.92 Å². The molecule has 0 radical (unpaired) electrons. The van der Waals surface area contributed by atoms with Gasteiger partial charge in [0, 0.05) is 10.0 Å². The summed E-state index contributed by atoms with van der Waals surface area (Å²) in [6.07, 6.45) is 1.57. The second kappa shape index (κ2) is 8.39. The smallest absolute Gasteiger partial charge is 0.363 e. The average molecular weight is 444 g/mol. The third-order valence-corrected chi connectivity index (χ3v) is 4.41. The number of rotatable bonds is 5.